The third-order valence-electron chi connectivity index (χ3n) is 2.42. The summed E-state index contributed by atoms with van der Waals surface area (Å²) in [6.45, 7) is 6.97. The topological polar surface area (TPSA) is 54.4 Å². The average Bonchev–Trinajstić information content (AvgIpc) is 2.38. The summed E-state index contributed by atoms with van der Waals surface area (Å²) in [6, 6.07) is 4.10. The van der Waals surface area contributed by atoms with Gasteiger partial charge < -0.3 is 5.11 Å². The minimum atomic E-state index is -0.498. The Morgan fingerprint density at radius 3 is 2.58 bits per heavy atom. The minimum Gasteiger partial charge on any atom is -0.507 e. The van der Waals surface area contributed by atoms with Gasteiger partial charge in [0, 0.05) is 10.6 Å². The maximum absolute atomic E-state index is 11.9. The van der Waals surface area contributed by atoms with E-state index in [1.807, 2.05) is 0 Å². The normalized spacial score (nSPS) is 10.9. The fraction of sp³-hybridized carbons (Fsp3) is 0.0667. The van der Waals surface area contributed by atoms with Crippen molar-refractivity contribution in [3.8, 4) is 5.75 Å². The van der Waals surface area contributed by atoms with Crippen molar-refractivity contribution in [2.75, 3.05) is 0 Å². The highest BCUT2D eigenvalue weighted by Crippen LogP contribution is 2.23. The van der Waals surface area contributed by atoms with Gasteiger partial charge in [0.15, 0.2) is 11.6 Å². The summed E-state index contributed by atoms with van der Waals surface area (Å²) < 4.78 is 0. The summed E-state index contributed by atoms with van der Waals surface area (Å²) in [7, 11) is 0. The van der Waals surface area contributed by atoms with E-state index >= 15 is 0 Å². The Morgan fingerprint density at radius 1 is 1.32 bits per heavy atom. The van der Waals surface area contributed by atoms with Crippen LogP contribution in [0.5, 0.6) is 5.75 Å². The molecule has 0 aliphatic heterocycles. The highest BCUT2D eigenvalue weighted by Gasteiger charge is 2.17. The predicted molar refractivity (Wildman–Crippen MR) is 75.5 cm³/mol. The number of benzene rings is 1. The van der Waals surface area contributed by atoms with Crippen molar-refractivity contribution in [1.82, 2.24) is 0 Å². The molecule has 0 saturated carbocycles. The van der Waals surface area contributed by atoms with E-state index in [-0.39, 0.29) is 23.5 Å². The number of carbonyl (C=O) groups excluding carboxylic acids is 2. The number of Topliss-reactive ketones (excluding diaryl/α,β-unsaturated/α-hetero) is 2. The number of phenols is 1. The van der Waals surface area contributed by atoms with Crippen LogP contribution in [-0.2, 0) is 4.79 Å². The second-order valence-corrected chi connectivity index (χ2v) is 4.18. The molecule has 0 bridgehead atoms. The maximum Gasteiger partial charge on any atom is 0.174 e. The first-order valence-corrected chi connectivity index (χ1v) is 5.87. The first-order chi connectivity index (χ1) is 8.99. The smallest absolute Gasteiger partial charge is 0.174 e. The summed E-state index contributed by atoms with van der Waals surface area (Å²) in [4.78, 5) is 23.7. The molecule has 0 unspecified atom stereocenters. The zero-order chi connectivity index (χ0) is 14.4. The van der Waals surface area contributed by atoms with Crippen LogP contribution in [0.4, 0.5) is 0 Å². The van der Waals surface area contributed by atoms with Crippen molar-refractivity contribution in [2.45, 2.75) is 6.42 Å². The average molecular weight is 277 g/mol. The third-order valence-corrected chi connectivity index (χ3v) is 2.65. The number of rotatable bonds is 6. The van der Waals surface area contributed by atoms with Crippen LogP contribution in [0.25, 0.3) is 0 Å². The molecule has 4 heteroatoms. The fourth-order valence-electron chi connectivity index (χ4n) is 1.48. The van der Waals surface area contributed by atoms with E-state index in [1.54, 1.807) is 0 Å². The minimum absolute atomic E-state index is 0.0304. The van der Waals surface area contributed by atoms with Crippen LogP contribution >= 0.6 is 11.6 Å². The van der Waals surface area contributed by atoms with Gasteiger partial charge in [0.1, 0.15) is 5.75 Å². The largest absolute Gasteiger partial charge is 0.507 e. The number of allylic oxidation sites excluding steroid dienone is 4. The second-order valence-electron chi connectivity index (χ2n) is 3.75. The summed E-state index contributed by atoms with van der Waals surface area (Å²) in [5.41, 5.74) is 0.327. The van der Waals surface area contributed by atoms with Gasteiger partial charge in [-0.25, -0.2) is 0 Å². The standard InChI is InChI=1S/C15H13ClO3/c1-3-5-10(4-2)14(18)9-15(19)12-8-11(16)6-7-13(12)17/h3-8,17H,1-2,9H2/b10-5+. The fourth-order valence-corrected chi connectivity index (χ4v) is 1.65. The molecule has 0 fully saturated rings. The number of aromatic hydroxyl groups is 1. The Morgan fingerprint density at radius 2 is 2.00 bits per heavy atom. The van der Waals surface area contributed by atoms with E-state index in [4.69, 9.17) is 11.6 Å². The van der Waals surface area contributed by atoms with Crippen molar-refractivity contribution in [2.24, 2.45) is 0 Å². The van der Waals surface area contributed by atoms with Crippen LogP contribution in [0, 0.1) is 0 Å². The van der Waals surface area contributed by atoms with Crippen molar-refractivity contribution in [1.29, 1.82) is 0 Å². The van der Waals surface area contributed by atoms with E-state index in [0.29, 0.717) is 10.6 Å². The Balaban J connectivity index is 2.94. The first-order valence-electron chi connectivity index (χ1n) is 5.49. The van der Waals surface area contributed by atoms with Gasteiger partial charge in [0.05, 0.1) is 12.0 Å². The molecular formula is C15H13ClO3. The molecular weight excluding hydrogens is 264 g/mol. The zero-order valence-electron chi connectivity index (χ0n) is 10.2. The number of hydrogen-bond donors (Lipinski definition) is 1. The molecule has 0 amide bonds. The third kappa shape index (κ3) is 3.93. The lowest BCUT2D eigenvalue weighted by molar-refractivity contribution is -0.114. The van der Waals surface area contributed by atoms with Crippen molar-refractivity contribution < 1.29 is 14.7 Å². The molecule has 98 valence electrons. The van der Waals surface area contributed by atoms with Gasteiger partial charge >= 0.3 is 0 Å². The van der Waals surface area contributed by atoms with Gasteiger partial charge in [-0.3, -0.25) is 9.59 Å². The van der Waals surface area contributed by atoms with Gasteiger partial charge in [0.2, 0.25) is 0 Å². The number of halogens is 1. The number of carbonyl (C=O) groups is 2. The van der Waals surface area contributed by atoms with Crippen LogP contribution in [0.2, 0.25) is 5.02 Å². The lowest BCUT2D eigenvalue weighted by Crippen LogP contribution is -2.09. The van der Waals surface area contributed by atoms with Crippen LogP contribution < -0.4 is 0 Å². The molecule has 19 heavy (non-hydrogen) atoms. The molecule has 0 heterocycles. The van der Waals surface area contributed by atoms with Crippen LogP contribution in [0.15, 0.2) is 55.2 Å². The molecule has 0 spiro atoms. The van der Waals surface area contributed by atoms with Gasteiger partial charge in [-0.2, -0.15) is 0 Å². The van der Waals surface area contributed by atoms with Crippen molar-refractivity contribution >= 4 is 23.2 Å². The lowest BCUT2D eigenvalue weighted by atomic mass is 10.0. The molecule has 1 aromatic rings. The van der Waals surface area contributed by atoms with E-state index in [2.05, 4.69) is 13.2 Å². The van der Waals surface area contributed by atoms with Crippen LogP contribution in [-0.4, -0.2) is 16.7 Å². The molecule has 0 aliphatic carbocycles. The van der Waals surface area contributed by atoms with Crippen molar-refractivity contribution in [3.05, 3.63) is 65.7 Å². The van der Waals surface area contributed by atoms with Crippen LogP contribution in [0.1, 0.15) is 16.8 Å². The maximum atomic E-state index is 11.9. The molecule has 0 aromatic heterocycles. The summed E-state index contributed by atoms with van der Waals surface area (Å²) in [6.07, 6.45) is 3.91. The zero-order valence-corrected chi connectivity index (χ0v) is 11.0. The molecule has 1 rings (SSSR count). The Bertz CT molecular complexity index is 571. The molecule has 0 aliphatic rings. The van der Waals surface area contributed by atoms with Gasteiger partial charge in [-0.05, 0) is 18.2 Å². The van der Waals surface area contributed by atoms with Crippen molar-refractivity contribution in [3.63, 3.8) is 0 Å². The SMILES string of the molecule is C=C/C=C(\C=C)C(=O)CC(=O)c1cc(Cl)ccc1O. The van der Waals surface area contributed by atoms with E-state index in [9.17, 15) is 14.7 Å². The number of ketones is 2. The quantitative estimate of drug-likeness (QED) is 0.374. The van der Waals surface area contributed by atoms with Gasteiger partial charge in [-0.15, -0.1) is 0 Å². The number of hydrogen-bond acceptors (Lipinski definition) is 3. The molecule has 1 N–H and O–H groups in total. The molecule has 0 radical (unpaired) electrons. The molecule has 1 aromatic carbocycles. The van der Waals surface area contributed by atoms with E-state index in [0.717, 1.165) is 0 Å². The highest BCUT2D eigenvalue weighted by molar-refractivity contribution is 6.31. The van der Waals surface area contributed by atoms with Crippen LogP contribution in [0.3, 0.4) is 0 Å². The Hall–Kier alpha value is -2.13. The van der Waals surface area contributed by atoms with Gasteiger partial charge in [-0.1, -0.05) is 43.0 Å². The summed E-state index contributed by atoms with van der Waals surface area (Å²) >= 11 is 5.75. The highest BCUT2D eigenvalue weighted by atomic mass is 35.5. The summed E-state index contributed by atoms with van der Waals surface area (Å²) in [5, 5.41) is 9.89. The number of phenolic OH excluding ortho intramolecular Hbond substituents is 1. The lowest BCUT2D eigenvalue weighted by Gasteiger charge is -2.04. The Kier molecular flexibility index (Phi) is 5.27. The van der Waals surface area contributed by atoms with Gasteiger partial charge in [0.25, 0.3) is 0 Å². The van der Waals surface area contributed by atoms with E-state index < -0.39 is 5.78 Å². The second kappa shape index (κ2) is 6.71. The Labute approximate surface area is 116 Å². The molecule has 0 atom stereocenters. The van der Waals surface area contributed by atoms with E-state index in [1.165, 1.54) is 36.4 Å². The first kappa shape index (κ1) is 14.9. The predicted octanol–water partition coefficient (Wildman–Crippen LogP) is 3.49. The monoisotopic (exact) mass is 276 g/mol. The summed E-state index contributed by atoms with van der Waals surface area (Å²) in [5.74, 6) is -1.09. The molecule has 0 saturated heterocycles. The molecule has 3 nitrogen and oxygen atoms in total.